The minimum atomic E-state index is -1.08. The van der Waals surface area contributed by atoms with Crippen LogP contribution in [-0.2, 0) is 32.1 Å². The number of aliphatic hydroxyl groups excluding tert-OH is 1. The van der Waals surface area contributed by atoms with E-state index in [1.165, 1.54) is 17.0 Å². The number of aliphatic hydroxyl groups is 1. The summed E-state index contributed by atoms with van der Waals surface area (Å²) in [5, 5.41) is 15.0. The molecule has 3 N–H and O–H groups in total. The number of carbonyl (C=O) groups excluding carboxylic acids is 4. The molecule has 4 amide bonds. The first-order valence-electron chi connectivity index (χ1n) is 17.2. The summed E-state index contributed by atoms with van der Waals surface area (Å²) < 4.78 is 14.9. The van der Waals surface area contributed by atoms with E-state index in [-0.39, 0.29) is 71.4 Å². The van der Waals surface area contributed by atoms with Crippen LogP contribution < -0.4 is 10.6 Å². The van der Waals surface area contributed by atoms with Crippen molar-refractivity contribution in [1.82, 2.24) is 20.0 Å². The van der Waals surface area contributed by atoms with Gasteiger partial charge in [-0.1, -0.05) is 47.5 Å². The van der Waals surface area contributed by atoms with E-state index in [0.717, 1.165) is 30.4 Å². The summed E-state index contributed by atoms with van der Waals surface area (Å²) in [5.41, 5.74) is 1.39. The lowest BCUT2D eigenvalue weighted by Crippen LogP contribution is -2.56. The molecule has 0 spiro atoms. The first-order valence-corrected chi connectivity index (χ1v) is 17.9. The number of hydrogen-bond acceptors (Lipinski definition) is 6. The molecule has 2 saturated heterocycles. The smallest absolute Gasteiger partial charge is 0.247 e. The highest BCUT2D eigenvalue weighted by Crippen LogP contribution is 2.31. The Balaban J connectivity index is 1.33. The van der Waals surface area contributed by atoms with Crippen molar-refractivity contribution in [3.63, 3.8) is 0 Å². The summed E-state index contributed by atoms with van der Waals surface area (Å²) >= 11 is 11.9. The topological polar surface area (TPSA) is 122 Å². The minimum absolute atomic E-state index is 0.00187. The Hall–Kier alpha value is -3.25. The van der Waals surface area contributed by atoms with E-state index in [4.69, 9.17) is 23.2 Å². The molecule has 0 unspecified atom stereocenters. The monoisotopic (exact) mass is 717 g/mol. The molecule has 2 aromatic rings. The van der Waals surface area contributed by atoms with E-state index in [9.17, 15) is 28.7 Å². The SMILES string of the molecule is CC1(C)CCCCN1C(=O)CCC(=O)N1Cc2ccccc2C[C@H]1C(=O)N[C@H](CCN1CCC(O)CC1)C(=O)Nc1ccc(Cl)c(Cl)c1F. The summed E-state index contributed by atoms with van der Waals surface area (Å²) in [7, 11) is 0. The third kappa shape index (κ3) is 9.11. The molecule has 0 bridgehead atoms. The van der Waals surface area contributed by atoms with Gasteiger partial charge in [-0.25, -0.2) is 4.39 Å². The zero-order valence-electron chi connectivity index (χ0n) is 28.2. The second kappa shape index (κ2) is 16.2. The van der Waals surface area contributed by atoms with Crippen LogP contribution >= 0.6 is 23.2 Å². The molecule has 0 aromatic heterocycles. The van der Waals surface area contributed by atoms with Gasteiger partial charge in [-0.2, -0.15) is 0 Å². The molecule has 5 rings (SSSR count). The maximum atomic E-state index is 14.9. The standard InChI is InChI=1S/C36H46Cl2FN5O5/c1-36(2)16-5-6-17-44(36)31(47)12-11-30(46)43-22-24-8-4-3-7-23(24)21-29(43)35(49)41-28(15-20-42-18-13-25(45)14-19-42)34(48)40-27-10-9-26(37)32(38)33(27)39/h3-4,7-10,25,28-29,45H,5-6,11-22H2,1-2H3,(H,40,48)(H,41,49)/t28-,29+/m1/s1. The van der Waals surface area contributed by atoms with Crippen LogP contribution in [0.3, 0.4) is 0 Å². The first kappa shape index (κ1) is 37.0. The maximum Gasteiger partial charge on any atom is 0.247 e. The highest BCUT2D eigenvalue weighted by atomic mass is 35.5. The fraction of sp³-hybridized carbons (Fsp3) is 0.556. The van der Waals surface area contributed by atoms with Crippen molar-refractivity contribution >= 4 is 52.5 Å². The minimum Gasteiger partial charge on any atom is -0.393 e. The van der Waals surface area contributed by atoms with Crippen LogP contribution in [0.25, 0.3) is 0 Å². The number of piperidine rings is 2. The molecule has 2 aromatic carbocycles. The summed E-state index contributed by atoms with van der Waals surface area (Å²) in [6.45, 7) is 6.67. The second-order valence-corrected chi connectivity index (χ2v) is 14.7. The Morgan fingerprint density at radius 3 is 2.39 bits per heavy atom. The number of fused-ring (bicyclic) bond motifs is 1. The Morgan fingerprint density at radius 1 is 0.980 bits per heavy atom. The average Bonchev–Trinajstić information content (AvgIpc) is 3.08. The maximum absolute atomic E-state index is 14.9. The van der Waals surface area contributed by atoms with Crippen molar-refractivity contribution < 1.29 is 28.7 Å². The predicted molar refractivity (Wildman–Crippen MR) is 187 cm³/mol. The normalized spacial score (nSPS) is 20.3. The number of carbonyl (C=O) groups is 4. The lowest BCUT2D eigenvalue weighted by molar-refractivity contribution is -0.145. The van der Waals surface area contributed by atoms with Gasteiger partial charge in [-0.15, -0.1) is 0 Å². The van der Waals surface area contributed by atoms with Gasteiger partial charge in [0.15, 0.2) is 5.82 Å². The summed E-state index contributed by atoms with van der Waals surface area (Å²) in [5.74, 6) is -2.45. The molecule has 0 aliphatic carbocycles. The van der Waals surface area contributed by atoms with Gasteiger partial charge in [0.2, 0.25) is 23.6 Å². The Labute approximate surface area is 297 Å². The van der Waals surface area contributed by atoms with E-state index in [1.807, 2.05) is 43.0 Å². The fourth-order valence-electron chi connectivity index (χ4n) is 7.07. The molecule has 3 aliphatic rings. The van der Waals surface area contributed by atoms with Crippen LogP contribution in [0.1, 0.15) is 76.3 Å². The molecule has 0 saturated carbocycles. The van der Waals surface area contributed by atoms with Gasteiger partial charge in [-0.05, 0) is 75.6 Å². The zero-order chi connectivity index (χ0) is 35.3. The van der Waals surface area contributed by atoms with E-state index >= 15 is 0 Å². The molecular weight excluding hydrogens is 672 g/mol. The lowest BCUT2D eigenvalue weighted by atomic mass is 9.90. The summed E-state index contributed by atoms with van der Waals surface area (Å²) in [4.78, 5) is 60.3. The molecule has 49 heavy (non-hydrogen) atoms. The van der Waals surface area contributed by atoms with Gasteiger partial charge in [0.05, 0.1) is 21.8 Å². The average molecular weight is 719 g/mol. The molecule has 2 atom stereocenters. The Kier molecular flexibility index (Phi) is 12.2. The molecule has 3 aliphatic heterocycles. The third-order valence-corrected chi connectivity index (χ3v) is 10.9. The van der Waals surface area contributed by atoms with E-state index in [1.54, 1.807) is 0 Å². The van der Waals surface area contributed by atoms with E-state index < -0.39 is 29.7 Å². The second-order valence-electron chi connectivity index (χ2n) is 14.0. The number of amides is 4. The van der Waals surface area contributed by atoms with Gasteiger partial charge in [-0.3, -0.25) is 19.2 Å². The highest BCUT2D eigenvalue weighted by molar-refractivity contribution is 6.42. The highest BCUT2D eigenvalue weighted by Gasteiger charge is 2.38. The fourth-order valence-corrected chi connectivity index (χ4v) is 7.38. The van der Waals surface area contributed by atoms with Crippen LogP contribution in [0.5, 0.6) is 0 Å². The van der Waals surface area contributed by atoms with Crippen molar-refractivity contribution in [1.29, 1.82) is 0 Å². The number of halogens is 3. The van der Waals surface area contributed by atoms with Crippen molar-refractivity contribution in [2.75, 3.05) is 31.5 Å². The van der Waals surface area contributed by atoms with Crippen molar-refractivity contribution in [2.45, 2.75) is 102 Å². The van der Waals surface area contributed by atoms with Gasteiger partial charge >= 0.3 is 0 Å². The molecule has 13 heteroatoms. The van der Waals surface area contributed by atoms with Crippen LogP contribution in [0.2, 0.25) is 10.0 Å². The summed E-state index contributed by atoms with van der Waals surface area (Å²) in [6, 6.07) is 8.26. The van der Waals surface area contributed by atoms with Crippen molar-refractivity contribution in [3.8, 4) is 0 Å². The first-order chi connectivity index (χ1) is 23.3. The Morgan fingerprint density at radius 2 is 1.67 bits per heavy atom. The molecule has 266 valence electrons. The number of hydrogen-bond donors (Lipinski definition) is 3. The van der Waals surface area contributed by atoms with Gasteiger partial charge in [0.1, 0.15) is 12.1 Å². The van der Waals surface area contributed by atoms with Gasteiger partial charge in [0, 0.05) is 57.5 Å². The largest absolute Gasteiger partial charge is 0.393 e. The number of likely N-dealkylation sites (tertiary alicyclic amines) is 2. The lowest BCUT2D eigenvalue weighted by Gasteiger charge is -2.42. The molecule has 2 fully saturated rings. The molecular formula is C36H46Cl2FN5O5. The number of benzene rings is 2. The predicted octanol–water partition coefficient (Wildman–Crippen LogP) is 4.93. The quantitative estimate of drug-likeness (QED) is 0.300. The van der Waals surface area contributed by atoms with Gasteiger partial charge in [0.25, 0.3) is 0 Å². The van der Waals surface area contributed by atoms with Gasteiger partial charge < -0.3 is 30.4 Å². The number of anilines is 1. The van der Waals surface area contributed by atoms with Crippen LogP contribution in [0, 0.1) is 5.82 Å². The number of nitrogens with zero attached hydrogens (tertiary/aromatic N) is 3. The molecule has 0 radical (unpaired) electrons. The van der Waals surface area contributed by atoms with Crippen molar-refractivity contribution in [3.05, 3.63) is 63.4 Å². The molecule has 3 heterocycles. The third-order valence-electron chi connectivity index (χ3n) is 10.1. The Bertz CT molecular complexity index is 1550. The van der Waals surface area contributed by atoms with Crippen LogP contribution in [0.15, 0.2) is 36.4 Å². The zero-order valence-corrected chi connectivity index (χ0v) is 29.7. The van der Waals surface area contributed by atoms with Crippen LogP contribution in [-0.4, -0.2) is 93.3 Å². The van der Waals surface area contributed by atoms with Crippen LogP contribution in [0.4, 0.5) is 10.1 Å². The van der Waals surface area contributed by atoms with Crippen molar-refractivity contribution in [2.24, 2.45) is 0 Å². The van der Waals surface area contributed by atoms with E-state index in [0.29, 0.717) is 39.0 Å². The van der Waals surface area contributed by atoms with E-state index in [2.05, 4.69) is 15.5 Å². The molecule has 10 nitrogen and oxygen atoms in total. The number of nitrogens with one attached hydrogen (secondary N) is 2. The summed E-state index contributed by atoms with van der Waals surface area (Å²) in [6.07, 6.45) is 4.17. The number of rotatable bonds is 10.